The highest BCUT2D eigenvalue weighted by molar-refractivity contribution is 7.61. The molecule has 23 heteroatoms. The lowest BCUT2D eigenvalue weighted by molar-refractivity contribution is -0.101. The molecule has 8 atom stereocenters. The Hall–Kier alpha value is -1.15. The van der Waals surface area contributed by atoms with E-state index in [9.17, 15) is 48.7 Å². The van der Waals surface area contributed by atoms with Gasteiger partial charge < -0.3 is 50.5 Å². The molecular formula is C14H26N3O17P3. The first-order valence-electron chi connectivity index (χ1n) is 9.87. The molecule has 1 fully saturated rings. The number of hydrogen-bond acceptors (Lipinski definition) is 15. The van der Waals surface area contributed by atoms with Crippen molar-refractivity contribution >= 4 is 29.3 Å². The van der Waals surface area contributed by atoms with Crippen molar-refractivity contribution in [1.29, 1.82) is 0 Å². The normalized spacial score (nSPS) is 28.2. The topological polar surface area (TPSA) is 320 Å². The van der Waals surface area contributed by atoms with Gasteiger partial charge in [-0.05, 0) is 13.0 Å². The fourth-order valence-corrected chi connectivity index (χ4v) is 5.68. The molecule has 1 saturated heterocycles. The van der Waals surface area contributed by atoms with E-state index in [0.29, 0.717) is 0 Å². The molecular weight excluding hydrogens is 575 g/mol. The summed E-state index contributed by atoms with van der Waals surface area (Å²) in [6.45, 7) is -2.66. The van der Waals surface area contributed by atoms with Gasteiger partial charge in [0.1, 0.15) is 35.8 Å². The Kier molecular flexibility index (Phi) is 10.3. The lowest BCUT2D eigenvalue weighted by atomic mass is 10.0. The van der Waals surface area contributed by atoms with Gasteiger partial charge in [0.05, 0.1) is 19.8 Å². The van der Waals surface area contributed by atoms with Crippen LogP contribution in [0.2, 0.25) is 0 Å². The number of rotatable bonds is 13. The lowest BCUT2D eigenvalue weighted by Gasteiger charge is -2.32. The van der Waals surface area contributed by atoms with E-state index in [-0.39, 0.29) is 5.82 Å². The Bertz CT molecular complexity index is 1140. The van der Waals surface area contributed by atoms with Crippen LogP contribution in [0, 0.1) is 0 Å². The molecule has 2 unspecified atom stereocenters. The molecule has 2 rings (SSSR count). The average molecular weight is 601 g/mol. The molecule has 37 heavy (non-hydrogen) atoms. The number of phosphoric acid groups is 3. The van der Waals surface area contributed by atoms with Crippen molar-refractivity contribution in [3.8, 4) is 0 Å². The van der Waals surface area contributed by atoms with Gasteiger partial charge in [0.2, 0.25) is 0 Å². The SMILES string of the molecule is C[C@@](CO)(OP(=O)(O)O)[C@@H](O)COP(=O)(O)OP(=O)(O)OC[C@H]1O[C@@H](n2ccc(N)nc2=O)[C@H](O)[C@@H]1O. The van der Waals surface area contributed by atoms with Crippen LogP contribution in [0.4, 0.5) is 5.82 Å². The molecule has 0 bridgehead atoms. The minimum atomic E-state index is -5.51. The zero-order valence-corrected chi connectivity index (χ0v) is 21.4. The van der Waals surface area contributed by atoms with Gasteiger partial charge >= 0.3 is 29.2 Å². The Morgan fingerprint density at radius 2 is 1.76 bits per heavy atom. The van der Waals surface area contributed by atoms with E-state index in [4.69, 9.17) is 20.3 Å². The maximum atomic E-state index is 12.1. The monoisotopic (exact) mass is 601 g/mol. The van der Waals surface area contributed by atoms with Gasteiger partial charge in [0.25, 0.3) is 0 Å². The minimum Gasteiger partial charge on any atom is -0.393 e. The van der Waals surface area contributed by atoms with Crippen LogP contribution in [0.5, 0.6) is 0 Å². The molecule has 1 aliphatic rings. The van der Waals surface area contributed by atoms with Crippen LogP contribution in [0.25, 0.3) is 0 Å². The number of anilines is 1. The molecule has 0 radical (unpaired) electrons. The van der Waals surface area contributed by atoms with Crippen LogP contribution in [0.15, 0.2) is 17.1 Å². The zero-order valence-electron chi connectivity index (χ0n) is 18.7. The van der Waals surface area contributed by atoms with Crippen molar-refractivity contribution in [2.75, 3.05) is 25.6 Å². The van der Waals surface area contributed by atoms with Crippen LogP contribution < -0.4 is 11.4 Å². The highest BCUT2D eigenvalue weighted by Gasteiger charge is 2.46. The Balaban J connectivity index is 1.97. The summed E-state index contributed by atoms with van der Waals surface area (Å²) in [5.41, 5.74) is 2.04. The summed E-state index contributed by atoms with van der Waals surface area (Å²) in [6.07, 6.45) is -7.61. The number of hydrogen-bond donors (Lipinski definition) is 9. The molecule has 0 amide bonds. The Morgan fingerprint density at radius 1 is 1.16 bits per heavy atom. The van der Waals surface area contributed by atoms with E-state index in [1.165, 1.54) is 6.07 Å². The maximum Gasteiger partial charge on any atom is 0.481 e. The standard InChI is InChI=1S/C14H26N3O17P3/c1-14(6-18,33-35(23,24)25)8(19)5-31-37(28,29)34-36(26,27)30-4-7-10(20)11(21)12(32-7)17-3-2-9(15)16-13(17)22/h2-3,7-8,10-12,18-21H,4-6H2,1H3,(H,26,27)(H,28,29)(H2,15,16,22)(H2,23,24,25)/t7-,8+,10-,11-,12-,14+/m1/s1. The third-order valence-electron chi connectivity index (χ3n) is 4.81. The second-order valence-electron chi connectivity index (χ2n) is 7.77. The first-order chi connectivity index (χ1) is 16.8. The first kappa shape index (κ1) is 32.1. The third kappa shape index (κ3) is 8.94. The predicted molar refractivity (Wildman–Crippen MR) is 116 cm³/mol. The number of nitrogens with two attached hydrogens (primary N) is 1. The number of aliphatic hydroxyl groups is 4. The minimum absolute atomic E-state index is 0.133. The van der Waals surface area contributed by atoms with E-state index in [1.54, 1.807) is 0 Å². The van der Waals surface area contributed by atoms with E-state index in [2.05, 4.69) is 22.9 Å². The van der Waals surface area contributed by atoms with Crippen molar-refractivity contribution in [2.45, 2.75) is 43.2 Å². The van der Waals surface area contributed by atoms with Gasteiger partial charge in [-0.15, -0.1) is 0 Å². The second kappa shape index (κ2) is 11.9. The average Bonchev–Trinajstić information content (AvgIpc) is 3.02. The summed E-state index contributed by atoms with van der Waals surface area (Å²) in [4.78, 5) is 52.4. The molecule has 1 aliphatic heterocycles. The van der Waals surface area contributed by atoms with E-state index in [0.717, 1.165) is 17.7 Å². The van der Waals surface area contributed by atoms with Gasteiger partial charge in [-0.2, -0.15) is 9.29 Å². The first-order valence-corrected chi connectivity index (χ1v) is 14.4. The Labute approximate surface area is 207 Å². The molecule has 0 aromatic carbocycles. The van der Waals surface area contributed by atoms with Crippen molar-refractivity contribution in [1.82, 2.24) is 9.55 Å². The van der Waals surface area contributed by atoms with Crippen molar-refractivity contribution in [3.05, 3.63) is 22.7 Å². The third-order valence-corrected chi connectivity index (χ3v) is 8.07. The van der Waals surface area contributed by atoms with Gasteiger partial charge in [-0.25, -0.2) is 18.5 Å². The molecule has 1 aromatic rings. The molecule has 0 spiro atoms. The van der Waals surface area contributed by atoms with Crippen molar-refractivity contribution < 1.29 is 76.3 Å². The molecule has 2 heterocycles. The van der Waals surface area contributed by atoms with Crippen molar-refractivity contribution in [2.24, 2.45) is 0 Å². The number of nitrogen functional groups attached to an aromatic ring is 1. The predicted octanol–water partition coefficient (Wildman–Crippen LogP) is -3.08. The number of ether oxygens (including phenoxy) is 1. The molecule has 0 aliphatic carbocycles. The molecule has 1 aromatic heterocycles. The molecule has 0 saturated carbocycles. The molecule has 20 nitrogen and oxygen atoms in total. The molecule has 214 valence electrons. The number of aromatic nitrogens is 2. The van der Waals surface area contributed by atoms with E-state index in [1.807, 2.05) is 0 Å². The summed E-state index contributed by atoms with van der Waals surface area (Å²) in [6, 6.07) is 1.20. The summed E-state index contributed by atoms with van der Waals surface area (Å²) >= 11 is 0. The largest absolute Gasteiger partial charge is 0.481 e. The van der Waals surface area contributed by atoms with Crippen LogP contribution in [0.3, 0.4) is 0 Å². The smallest absolute Gasteiger partial charge is 0.393 e. The number of nitrogens with zero attached hydrogens (tertiary/aromatic N) is 2. The highest BCUT2D eigenvalue weighted by Crippen LogP contribution is 2.60. The van der Waals surface area contributed by atoms with Gasteiger partial charge in [0.15, 0.2) is 6.23 Å². The van der Waals surface area contributed by atoms with E-state index >= 15 is 0 Å². The van der Waals surface area contributed by atoms with Crippen LogP contribution in [0.1, 0.15) is 13.2 Å². The van der Waals surface area contributed by atoms with Gasteiger partial charge in [-0.1, -0.05) is 0 Å². The second-order valence-corrected chi connectivity index (χ2v) is 12.0. The van der Waals surface area contributed by atoms with Gasteiger partial charge in [0, 0.05) is 6.20 Å². The fourth-order valence-electron chi connectivity index (χ4n) is 2.87. The number of aliphatic hydroxyl groups excluding tert-OH is 4. The Morgan fingerprint density at radius 3 is 2.30 bits per heavy atom. The van der Waals surface area contributed by atoms with Crippen LogP contribution in [-0.4, -0.2) is 99.4 Å². The summed E-state index contributed by atoms with van der Waals surface area (Å²) in [5.74, 6) is -0.133. The van der Waals surface area contributed by atoms with Crippen LogP contribution in [-0.2, 0) is 36.3 Å². The fraction of sp³-hybridized carbons (Fsp3) is 0.714. The summed E-state index contributed by atoms with van der Waals surface area (Å²) in [7, 11) is -16.2. The van der Waals surface area contributed by atoms with Gasteiger partial charge in [-0.3, -0.25) is 18.1 Å². The quantitative estimate of drug-likeness (QED) is 0.101. The number of phosphoric ester groups is 3. The maximum absolute atomic E-state index is 12.1. The molecule has 10 N–H and O–H groups in total. The zero-order chi connectivity index (χ0) is 28.4. The highest BCUT2D eigenvalue weighted by atomic mass is 31.3. The summed E-state index contributed by atoms with van der Waals surface area (Å²) < 4.78 is 58.2. The van der Waals surface area contributed by atoms with Crippen molar-refractivity contribution in [3.63, 3.8) is 0 Å². The van der Waals surface area contributed by atoms with Crippen LogP contribution >= 0.6 is 23.5 Å². The summed E-state index contributed by atoms with van der Waals surface area (Å²) in [5, 5.41) is 39.4. The van der Waals surface area contributed by atoms with E-state index < -0.39 is 85.2 Å². The lowest BCUT2D eigenvalue weighted by Crippen LogP contribution is -2.47.